The van der Waals surface area contributed by atoms with Gasteiger partial charge in [-0.3, -0.25) is 0 Å². The third-order valence-electron chi connectivity index (χ3n) is 2.51. The maximum atomic E-state index is 12.1. The summed E-state index contributed by atoms with van der Waals surface area (Å²) in [5.74, 6) is 1.22. The molecule has 0 radical (unpaired) electrons. The quantitative estimate of drug-likeness (QED) is 0.748. The Bertz CT molecular complexity index is 682. The van der Waals surface area contributed by atoms with Gasteiger partial charge in [0, 0.05) is 13.5 Å². The van der Waals surface area contributed by atoms with Crippen molar-refractivity contribution in [3.63, 3.8) is 0 Å². The van der Waals surface area contributed by atoms with Crippen molar-refractivity contribution < 1.29 is 17.7 Å². The normalized spacial score (nSPS) is 11.5. The number of benzene rings is 1. The molecule has 21 heavy (non-hydrogen) atoms. The molecule has 0 aliphatic heterocycles. The highest BCUT2D eigenvalue weighted by Gasteiger charge is 2.15. The van der Waals surface area contributed by atoms with E-state index in [1.165, 1.54) is 12.1 Å². The molecule has 0 bridgehead atoms. The van der Waals surface area contributed by atoms with E-state index in [1.54, 1.807) is 19.1 Å². The molecule has 1 aromatic heterocycles. The van der Waals surface area contributed by atoms with Gasteiger partial charge >= 0.3 is 0 Å². The van der Waals surface area contributed by atoms with Crippen LogP contribution in [0.2, 0.25) is 0 Å². The maximum absolute atomic E-state index is 12.1. The van der Waals surface area contributed by atoms with Crippen molar-refractivity contribution in [1.29, 1.82) is 0 Å². The zero-order valence-electron chi connectivity index (χ0n) is 11.4. The van der Waals surface area contributed by atoms with Gasteiger partial charge in [-0.15, -0.1) is 0 Å². The van der Waals surface area contributed by atoms with E-state index in [0.717, 1.165) is 0 Å². The first kappa shape index (κ1) is 15.4. The predicted molar refractivity (Wildman–Crippen MR) is 74.1 cm³/mol. The summed E-state index contributed by atoms with van der Waals surface area (Å²) in [6.07, 6.45) is 0. The molecule has 0 amide bonds. The van der Waals surface area contributed by atoms with Crippen molar-refractivity contribution in [3.05, 3.63) is 36.0 Å². The monoisotopic (exact) mass is 312 g/mol. The number of hydrogen-bond acceptors (Lipinski definition) is 7. The van der Waals surface area contributed by atoms with Crippen LogP contribution in [0.4, 0.5) is 0 Å². The Kier molecular flexibility index (Phi) is 4.89. The molecule has 3 N–H and O–H groups in total. The zero-order chi connectivity index (χ0) is 15.3. The summed E-state index contributed by atoms with van der Waals surface area (Å²) in [4.78, 5) is 4.05. The molecule has 0 saturated carbocycles. The third-order valence-corrected chi connectivity index (χ3v) is 3.93. The second kappa shape index (κ2) is 6.66. The molecule has 1 aromatic carbocycles. The van der Waals surface area contributed by atoms with Crippen LogP contribution in [0.1, 0.15) is 11.7 Å². The fraction of sp³-hybridized carbons (Fsp3) is 0.333. The molecular weight excluding hydrogens is 296 g/mol. The lowest BCUT2D eigenvalue weighted by Crippen LogP contribution is -2.23. The number of sulfonamides is 1. The number of nitrogens with one attached hydrogen (secondary N) is 1. The standard InChI is InChI=1S/C12H16N4O4S/c1-9-15-12(16-20-9)8-14-21(17,18)11-4-2-10(3-5-11)19-7-6-13/h2-5,14H,6-8,13H2,1H3. The Balaban J connectivity index is 2.01. The summed E-state index contributed by atoms with van der Waals surface area (Å²) in [5.41, 5.74) is 5.32. The minimum Gasteiger partial charge on any atom is -0.492 e. The lowest BCUT2D eigenvalue weighted by Gasteiger charge is -2.07. The number of rotatable bonds is 7. The molecule has 0 aliphatic rings. The van der Waals surface area contributed by atoms with Crippen molar-refractivity contribution in [1.82, 2.24) is 14.9 Å². The van der Waals surface area contributed by atoms with Gasteiger partial charge in [-0.1, -0.05) is 5.16 Å². The van der Waals surface area contributed by atoms with Crippen molar-refractivity contribution in [3.8, 4) is 5.75 Å². The van der Waals surface area contributed by atoms with Gasteiger partial charge < -0.3 is 15.0 Å². The Labute approximate surface area is 122 Å². The fourth-order valence-corrected chi connectivity index (χ4v) is 2.53. The highest BCUT2D eigenvalue weighted by molar-refractivity contribution is 7.89. The lowest BCUT2D eigenvalue weighted by atomic mass is 10.3. The zero-order valence-corrected chi connectivity index (χ0v) is 12.3. The van der Waals surface area contributed by atoms with E-state index in [9.17, 15) is 8.42 Å². The van der Waals surface area contributed by atoms with E-state index in [0.29, 0.717) is 24.8 Å². The number of ether oxygens (including phenoxy) is 1. The van der Waals surface area contributed by atoms with Gasteiger partial charge in [-0.05, 0) is 24.3 Å². The van der Waals surface area contributed by atoms with E-state index in [-0.39, 0.29) is 17.3 Å². The van der Waals surface area contributed by atoms with Crippen LogP contribution < -0.4 is 15.2 Å². The summed E-state index contributed by atoms with van der Waals surface area (Å²) in [7, 11) is -3.64. The van der Waals surface area contributed by atoms with Crippen LogP contribution in [0.3, 0.4) is 0 Å². The second-order valence-corrected chi connectivity index (χ2v) is 5.93. The summed E-state index contributed by atoms with van der Waals surface area (Å²) in [6.45, 7) is 2.36. The van der Waals surface area contributed by atoms with Crippen molar-refractivity contribution in [2.75, 3.05) is 13.2 Å². The van der Waals surface area contributed by atoms with Crippen LogP contribution in [0.15, 0.2) is 33.7 Å². The van der Waals surface area contributed by atoms with Gasteiger partial charge in [-0.2, -0.15) is 4.98 Å². The topological polar surface area (TPSA) is 120 Å². The van der Waals surface area contributed by atoms with Crippen LogP contribution in [-0.2, 0) is 16.6 Å². The van der Waals surface area contributed by atoms with Gasteiger partial charge in [0.2, 0.25) is 15.9 Å². The molecule has 1 heterocycles. The smallest absolute Gasteiger partial charge is 0.240 e. The molecule has 0 unspecified atom stereocenters. The van der Waals surface area contributed by atoms with Crippen molar-refractivity contribution in [2.45, 2.75) is 18.4 Å². The van der Waals surface area contributed by atoms with E-state index >= 15 is 0 Å². The van der Waals surface area contributed by atoms with E-state index < -0.39 is 10.0 Å². The van der Waals surface area contributed by atoms with Gasteiger partial charge in [-0.25, -0.2) is 13.1 Å². The van der Waals surface area contributed by atoms with Crippen LogP contribution in [-0.4, -0.2) is 31.7 Å². The SMILES string of the molecule is Cc1nc(CNS(=O)(=O)c2ccc(OCCN)cc2)no1. The summed E-state index contributed by atoms with van der Waals surface area (Å²) < 4.78 is 36.6. The molecule has 2 aromatic rings. The van der Waals surface area contributed by atoms with Crippen molar-refractivity contribution in [2.24, 2.45) is 5.73 Å². The van der Waals surface area contributed by atoms with E-state index in [1.807, 2.05) is 0 Å². The highest BCUT2D eigenvalue weighted by atomic mass is 32.2. The van der Waals surface area contributed by atoms with E-state index in [2.05, 4.69) is 14.9 Å². The minimum atomic E-state index is -3.64. The number of nitrogens with two attached hydrogens (primary N) is 1. The van der Waals surface area contributed by atoms with Crippen LogP contribution >= 0.6 is 0 Å². The summed E-state index contributed by atoms with van der Waals surface area (Å²) in [5, 5.41) is 3.62. The molecule has 2 rings (SSSR count). The van der Waals surface area contributed by atoms with Crippen molar-refractivity contribution >= 4 is 10.0 Å². The summed E-state index contributed by atoms with van der Waals surface area (Å²) >= 11 is 0. The number of hydrogen-bond donors (Lipinski definition) is 2. The van der Waals surface area contributed by atoms with Crippen LogP contribution in [0.5, 0.6) is 5.75 Å². The predicted octanol–water partition coefficient (Wildman–Crippen LogP) is 0.194. The molecule has 8 nitrogen and oxygen atoms in total. The van der Waals surface area contributed by atoms with Gasteiger partial charge in [0.25, 0.3) is 0 Å². The Hall–Kier alpha value is -1.97. The Morgan fingerprint density at radius 2 is 2.05 bits per heavy atom. The molecule has 0 aliphatic carbocycles. The number of aryl methyl sites for hydroxylation is 1. The molecule has 0 atom stereocenters. The Morgan fingerprint density at radius 1 is 1.33 bits per heavy atom. The summed E-state index contributed by atoms with van der Waals surface area (Å²) in [6, 6.07) is 6.05. The number of aromatic nitrogens is 2. The number of nitrogens with zero attached hydrogens (tertiary/aromatic N) is 2. The van der Waals surface area contributed by atoms with Crippen LogP contribution in [0.25, 0.3) is 0 Å². The first-order valence-corrected chi connectivity index (χ1v) is 7.71. The van der Waals surface area contributed by atoms with Gasteiger partial charge in [0.05, 0.1) is 11.4 Å². The average molecular weight is 312 g/mol. The fourth-order valence-electron chi connectivity index (χ4n) is 1.55. The largest absolute Gasteiger partial charge is 0.492 e. The first-order chi connectivity index (χ1) is 10.0. The highest BCUT2D eigenvalue weighted by Crippen LogP contribution is 2.16. The lowest BCUT2D eigenvalue weighted by molar-refractivity contribution is 0.328. The molecule has 114 valence electrons. The maximum Gasteiger partial charge on any atom is 0.240 e. The third kappa shape index (κ3) is 4.25. The van der Waals surface area contributed by atoms with E-state index in [4.69, 9.17) is 15.0 Å². The molecule has 0 spiro atoms. The average Bonchev–Trinajstić information content (AvgIpc) is 2.89. The molecular formula is C12H16N4O4S. The van der Waals surface area contributed by atoms with Crippen LogP contribution in [0, 0.1) is 6.92 Å². The second-order valence-electron chi connectivity index (χ2n) is 4.16. The molecule has 0 fully saturated rings. The van der Waals surface area contributed by atoms with Gasteiger partial charge in [0.1, 0.15) is 12.4 Å². The molecule has 9 heteroatoms. The minimum absolute atomic E-state index is 0.0366. The van der Waals surface area contributed by atoms with Gasteiger partial charge in [0.15, 0.2) is 5.82 Å². The molecule has 0 saturated heterocycles. The Morgan fingerprint density at radius 3 is 2.62 bits per heavy atom. The first-order valence-electron chi connectivity index (χ1n) is 6.23.